The van der Waals surface area contributed by atoms with Crippen LogP contribution in [0.25, 0.3) is 6.08 Å². The van der Waals surface area contributed by atoms with Crippen LogP contribution in [0.3, 0.4) is 0 Å². The summed E-state index contributed by atoms with van der Waals surface area (Å²) in [6.45, 7) is 0.389. The molecular formula is C22H23NO5S. The Morgan fingerprint density at radius 1 is 0.931 bits per heavy atom. The molecule has 0 aliphatic carbocycles. The molecule has 1 saturated heterocycles. The van der Waals surface area contributed by atoms with Gasteiger partial charge in [0.25, 0.3) is 11.1 Å². The van der Waals surface area contributed by atoms with E-state index in [-0.39, 0.29) is 11.1 Å². The highest BCUT2D eigenvalue weighted by Gasteiger charge is 2.34. The van der Waals surface area contributed by atoms with Crippen LogP contribution in [0.4, 0.5) is 4.79 Å². The molecule has 0 radical (unpaired) electrons. The molecule has 0 atom stereocenters. The van der Waals surface area contributed by atoms with Crippen LogP contribution in [0.5, 0.6) is 17.2 Å². The van der Waals surface area contributed by atoms with E-state index in [9.17, 15) is 9.59 Å². The van der Waals surface area contributed by atoms with Gasteiger partial charge in [-0.3, -0.25) is 14.5 Å². The molecule has 1 heterocycles. The van der Waals surface area contributed by atoms with E-state index in [1.54, 1.807) is 18.2 Å². The molecule has 0 spiro atoms. The standard InChI is InChI=1S/C22H23NO5S/c1-26-17-12-11-16(19(27-2)20(17)28-3)14-18-21(24)23(22(25)29-18)13-7-10-15-8-5-4-6-9-15/h4-6,8-9,11-12,14H,7,10,13H2,1-3H3/b18-14+. The van der Waals surface area contributed by atoms with Gasteiger partial charge in [0, 0.05) is 12.1 Å². The largest absolute Gasteiger partial charge is 0.493 e. The van der Waals surface area contributed by atoms with Crippen LogP contribution in [0, 0.1) is 0 Å². The zero-order chi connectivity index (χ0) is 20.8. The molecule has 1 aliphatic rings. The highest BCUT2D eigenvalue weighted by atomic mass is 32.2. The van der Waals surface area contributed by atoms with Crippen LogP contribution in [-0.4, -0.2) is 43.9 Å². The number of hydrogen-bond acceptors (Lipinski definition) is 6. The fourth-order valence-electron chi connectivity index (χ4n) is 3.16. The summed E-state index contributed by atoms with van der Waals surface area (Å²) < 4.78 is 16.1. The predicted molar refractivity (Wildman–Crippen MR) is 114 cm³/mol. The van der Waals surface area contributed by atoms with E-state index in [2.05, 4.69) is 0 Å². The lowest BCUT2D eigenvalue weighted by atomic mass is 10.1. The first-order valence-electron chi connectivity index (χ1n) is 9.17. The summed E-state index contributed by atoms with van der Waals surface area (Å²) in [5.41, 5.74) is 1.82. The van der Waals surface area contributed by atoms with Gasteiger partial charge in [0.05, 0.1) is 26.2 Å². The summed E-state index contributed by atoms with van der Waals surface area (Å²) in [5.74, 6) is 1.12. The third kappa shape index (κ3) is 4.56. The number of benzene rings is 2. The van der Waals surface area contributed by atoms with Crippen LogP contribution in [0.15, 0.2) is 47.4 Å². The molecule has 7 heteroatoms. The van der Waals surface area contributed by atoms with Gasteiger partial charge in [-0.2, -0.15) is 0 Å². The highest BCUT2D eigenvalue weighted by molar-refractivity contribution is 8.18. The zero-order valence-electron chi connectivity index (χ0n) is 16.6. The van der Waals surface area contributed by atoms with Gasteiger partial charge in [0.15, 0.2) is 11.5 Å². The lowest BCUT2D eigenvalue weighted by Crippen LogP contribution is -2.29. The molecule has 152 valence electrons. The highest BCUT2D eigenvalue weighted by Crippen LogP contribution is 2.42. The van der Waals surface area contributed by atoms with Gasteiger partial charge in [-0.1, -0.05) is 30.3 Å². The Morgan fingerprint density at radius 3 is 2.31 bits per heavy atom. The number of aryl methyl sites for hydroxylation is 1. The zero-order valence-corrected chi connectivity index (χ0v) is 17.5. The minimum atomic E-state index is -0.287. The fraction of sp³-hybridized carbons (Fsp3) is 0.273. The topological polar surface area (TPSA) is 65.1 Å². The first-order valence-corrected chi connectivity index (χ1v) is 9.99. The lowest BCUT2D eigenvalue weighted by molar-refractivity contribution is -0.122. The van der Waals surface area contributed by atoms with Crippen molar-refractivity contribution in [1.29, 1.82) is 0 Å². The second-order valence-corrected chi connectivity index (χ2v) is 7.34. The molecule has 0 N–H and O–H groups in total. The molecule has 2 amide bonds. The normalized spacial score (nSPS) is 15.1. The maximum absolute atomic E-state index is 12.8. The van der Waals surface area contributed by atoms with E-state index < -0.39 is 0 Å². The summed E-state index contributed by atoms with van der Waals surface area (Å²) in [6.07, 6.45) is 3.18. The molecule has 0 saturated carbocycles. The number of methoxy groups -OCH3 is 3. The molecule has 29 heavy (non-hydrogen) atoms. The van der Waals surface area contributed by atoms with Crippen molar-refractivity contribution in [3.8, 4) is 17.2 Å². The van der Waals surface area contributed by atoms with Crippen LogP contribution >= 0.6 is 11.8 Å². The number of amides is 2. The minimum Gasteiger partial charge on any atom is -0.493 e. The number of imide groups is 1. The van der Waals surface area contributed by atoms with Gasteiger partial charge < -0.3 is 14.2 Å². The minimum absolute atomic E-state index is 0.256. The van der Waals surface area contributed by atoms with E-state index in [4.69, 9.17) is 14.2 Å². The van der Waals surface area contributed by atoms with Gasteiger partial charge in [-0.15, -0.1) is 0 Å². The molecule has 2 aromatic rings. The first-order chi connectivity index (χ1) is 14.1. The lowest BCUT2D eigenvalue weighted by Gasteiger charge is -2.14. The number of hydrogen-bond donors (Lipinski definition) is 0. The maximum Gasteiger partial charge on any atom is 0.293 e. The molecule has 6 nitrogen and oxygen atoms in total. The quantitative estimate of drug-likeness (QED) is 0.599. The Hall–Kier alpha value is -2.93. The Kier molecular flexibility index (Phi) is 6.82. The van der Waals surface area contributed by atoms with E-state index >= 15 is 0 Å². The molecule has 1 fully saturated rings. The van der Waals surface area contributed by atoms with Crippen LogP contribution in [0.1, 0.15) is 17.5 Å². The summed E-state index contributed by atoms with van der Waals surface area (Å²) >= 11 is 0.936. The smallest absolute Gasteiger partial charge is 0.293 e. The van der Waals surface area contributed by atoms with Crippen molar-refractivity contribution in [2.24, 2.45) is 0 Å². The van der Waals surface area contributed by atoms with Crippen LogP contribution < -0.4 is 14.2 Å². The second-order valence-electron chi connectivity index (χ2n) is 6.35. The molecular weight excluding hydrogens is 390 g/mol. The molecule has 3 rings (SSSR count). The average Bonchev–Trinajstić information content (AvgIpc) is 3.01. The second kappa shape index (κ2) is 9.52. The Bertz CT molecular complexity index is 926. The molecule has 1 aliphatic heterocycles. The summed E-state index contributed by atoms with van der Waals surface area (Å²) in [4.78, 5) is 26.8. The molecule has 0 aromatic heterocycles. The Balaban J connectivity index is 1.76. The summed E-state index contributed by atoms with van der Waals surface area (Å²) in [6, 6.07) is 13.5. The first kappa shape index (κ1) is 20.8. The van der Waals surface area contributed by atoms with Crippen molar-refractivity contribution in [3.05, 3.63) is 58.5 Å². The maximum atomic E-state index is 12.8. The Labute approximate surface area is 174 Å². The van der Waals surface area contributed by atoms with Crippen molar-refractivity contribution >= 4 is 29.0 Å². The van der Waals surface area contributed by atoms with Gasteiger partial charge in [-0.05, 0) is 48.4 Å². The Morgan fingerprint density at radius 2 is 1.66 bits per heavy atom. The fourth-order valence-corrected chi connectivity index (χ4v) is 4.01. The van der Waals surface area contributed by atoms with E-state index in [0.29, 0.717) is 34.3 Å². The molecule has 0 unspecified atom stereocenters. The van der Waals surface area contributed by atoms with Gasteiger partial charge in [0.1, 0.15) is 0 Å². The van der Waals surface area contributed by atoms with Gasteiger partial charge in [0.2, 0.25) is 5.75 Å². The van der Waals surface area contributed by atoms with Gasteiger partial charge >= 0.3 is 0 Å². The number of nitrogens with zero attached hydrogens (tertiary/aromatic N) is 1. The number of carbonyl (C=O) groups is 2. The van der Waals surface area contributed by atoms with Crippen molar-refractivity contribution in [3.63, 3.8) is 0 Å². The monoisotopic (exact) mass is 413 g/mol. The van der Waals surface area contributed by atoms with Gasteiger partial charge in [-0.25, -0.2) is 0 Å². The van der Waals surface area contributed by atoms with Crippen LogP contribution in [0.2, 0.25) is 0 Å². The summed E-state index contributed by atoms with van der Waals surface area (Å²) in [5, 5.41) is -0.256. The van der Waals surface area contributed by atoms with E-state index in [1.807, 2.05) is 30.3 Å². The molecule has 2 aromatic carbocycles. The number of carbonyl (C=O) groups excluding carboxylic acids is 2. The SMILES string of the molecule is COc1ccc(/C=C2/SC(=O)N(CCCc3ccccc3)C2=O)c(OC)c1OC. The van der Waals surface area contributed by atoms with Crippen molar-refractivity contribution in [2.75, 3.05) is 27.9 Å². The summed E-state index contributed by atoms with van der Waals surface area (Å²) in [7, 11) is 4.58. The number of rotatable bonds is 8. The van der Waals surface area contributed by atoms with Crippen molar-refractivity contribution in [2.45, 2.75) is 12.8 Å². The van der Waals surface area contributed by atoms with Crippen molar-refractivity contribution < 1.29 is 23.8 Å². The van der Waals surface area contributed by atoms with Crippen molar-refractivity contribution in [1.82, 2.24) is 4.90 Å². The van der Waals surface area contributed by atoms with E-state index in [0.717, 1.165) is 24.6 Å². The molecule has 0 bridgehead atoms. The third-order valence-electron chi connectivity index (χ3n) is 4.58. The van der Waals surface area contributed by atoms with Crippen LogP contribution in [-0.2, 0) is 11.2 Å². The number of ether oxygens (including phenoxy) is 3. The number of thioether (sulfide) groups is 1. The predicted octanol–water partition coefficient (Wildman–Crippen LogP) is 4.38. The average molecular weight is 413 g/mol. The third-order valence-corrected chi connectivity index (χ3v) is 5.49. The van der Waals surface area contributed by atoms with E-state index in [1.165, 1.54) is 31.8 Å².